The fourth-order valence-electron chi connectivity index (χ4n) is 1.87. The number of carbonyl (C=O) groups excluding carboxylic acids is 1. The summed E-state index contributed by atoms with van der Waals surface area (Å²) >= 11 is 0. The largest absolute Gasteiger partial charge is 0.399 e. The second kappa shape index (κ2) is 6.07. The number of anilines is 3. The highest BCUT2D eigenvalue weighted by molar-refractivity contribution is 7.92. The maximum absolute atomic E-state index is 12.3. The van der Waals surface area contributed by atoms with Crippen LogP contribution in [-0.2, 0) is 14.8 Å². The van der Waals surface area contributed by atoms with E-state index in [1.807, 2.05) is 0 Å². The summed E-state index contributed by atoms with van der Waals surface area (Å²) in [4.78, 5) is 11.1. The molecule has 2 aromatic rings. The Balaban J connectivity index is 2.22. The molecule has 2 rings (SSSR count). The molecule has 1 amide bonds. The summed E-state index contributed by atoms with van der Waals surface area (Å²) in [5.41, 5.74) is 8.08. The van der Waals surface area contributed by atoms with Crippen molar-refractivity contribution in [3.8, 4) is 0 Å². The Morgan fingerprint density at radius 3 is 2.18 bits per heavy atom. The molecule has 0 aliphatic heterocycles. The van der Waals surface area contributed by atoms with Crippen molar-refractivity contribution < 1.29 is 13.2 Å². The number of hydrogen-bond acceptors (Lipinski definition) is 4. The van der Waals surface area contributed by atoms with Gasteiger partial charge in [0.25, 0.3) is 10.0 Å². The van der Waals surface area contributed by atoms with Crippen molar-refractivity contribution in [1.82, 2.24) is 0 Å². The summed E-state index contributed by atoms with van der Waals surface area (Å²) in [5.74, 6) is -0.217. The second-order valence-electron chi connectivity index (χ2n) is 4.88. The van der Waals surface area contributed by atoms with Crippen LogP contribution in [0.4, 0.5) is 17.1 Å². The van der Waals surface area contributed by atoms with Gasteiger partial charge in [-0.25, -0.2) is 8.42 Å². The molecule has 0 aliphatic rings. The highest BCUT2D eigenvalue weighted by Gasteiger charge is 2.14. The first-order valence-corrected chi connectivity index (χ1v) is 8.03. The van der Waals surface area contributed by atoms with Crippen LogP contribution in [0.2, 0.25) is 0 Å². The van der Waals surface area contributed by atoms with Gasteiger partial charge in [0.1, 0.15) is 0 Å². The minimum atomic E-state index is -3.69. The second-order valence-corrected chi connectivity index (χ2v) is 6.56. The molecule has 116 valence electrons. The summed E-state index contributed by atoms with van der Waals surface area (Å²) in [6, 6.07) is 10.8. The first kappa shape index (κ1) is 15.8. The van der Waals surface area contributed by atoms with E-state index < -0.39 is 10.0 Å². The van der Waals surface area contributed by atoms with E-state index in [0.29, 0.717) is 17.1 Å². The molecule has 7 heteroatoms. The standard InChI is InChI=1S/C15H17N3O3S/c1-10-9-13(5-8-15(10)16)18-22(20,21)14-6-3-12(4-7-14)17-11(2)19/h3-9,18H,16H2,1-2H3,(H,17,19). The molecule has 0 radical (unpaired) electrons. The smallest absolute Gasteiger partial charge is 0.261 e. The van der Waals surface area contributed by atoms with Gasteiger partial charge < -0.3 is 11.1 Å². The van der Waals surface area contributed by atoms with Crippen LogP contribution >= 0.6 is 0 Å². The summed E-state index contributed by atoms with van der Waals surface area (Å²) in [7, 11) is -3.69. The molecule has 0 atom stereocenters. The predicted octanol–water partition coefficient (Wildman–Crippen LogP) is 2.34. The summed E-state index contributed by atoms with van der Waals surface area (Å²) in [5, 5.41) is 2.58. The minimum Gasteiger partial charge on any atom is -0.399 e. The van der Waals surface area contributed by atoms with Gasteiger partial charge in [0.2, 0.25) is 5.91 Å². The highest BCUT2D eigenvalue weighted by Crippen LogP contribution is 2.21. The highest BCUT2D eigenvalue weighted by atomic mass is 32.2. The van der Waals surface area contributed by atoms with Gasteiger partial charge in [0.05, 0.1) is 4.90 Å². The van der Waals surface area contributed by atoms with Crippen LogP contribution in [0.1, 0.15) is 12.5 Å². The molecule has 22 heavy (non-hydrogen) atoms. The van der Waals surface area contributed by atoms with E-state index >= 15 is 0 Å². The Morgan fingerprint density at radius 1 is 1.05 bits per heavy atom. The molecule has 6 nitrogen and oxygen atoms in total. The lowest BCUT2D eigenvalue weighted by Gasteiger charge is -2.10. The van der Waals surface area contributed by atoms with Gasteiger partial charge in [-0.3, -0.25) is 9.52 Å². The number of benzene rings is 2. The van der Waals surface area contributed by atoms with Crippen molar-refractivity contribution >= 4 is 33.0 Å². The van der Waals surface area contributed by atoms with Crippen molar-refractivity contribution in [3.63, 3.8) is 0 Å². The average molecular weight is 319 g/mol. The Labute approximate surface area is 129 Å². The molecule has 0 fully saturated rings. The number of nitrogens with one attached hydrogen (secondary N) is 2. The van der Waals surface area contributed by atoms with E-state index in [-0.39, 0.29) is 10.8 Å². The third-order valence-corrected chi connectivity index (χ3v) is 4.40. The number of rotatable bonds is 4. The molecule has 0 saturated heterocycles. The molecular weight excluding hydrogens is 302 g/mol. The van der Waals surface area contributed by atoms with E-state index in [1.165, 1.54) is 31.2 Å². The van der Waals surface area contributed by atoms with Crippen LogP contribution in [0.25, 0.3) is 0 Å². The van der Waals surface area contributed by atoms with Gasteiger partial charge in [-0.2, -0.15) is 0 Å². The molecule has 0 spiro atoms. The van der Waals surface area contributed by atoms with E-state index in [4.69, 9.17) is 5.73 Å². The van der Waals surface area contributed by atoms with Crippen LogP contribution in [0, 0.1) is 6.92 Å². The number of amides is 1. The third-order valence-electron chi connectivity index (χ3n) is 3.01. The first-order chi connectivity index (χ1) is 10.3. The van der Waals surface area contributed by atoms with Crippen molar-refractivity contribution in [3.05, 3.63) is 48.0 Å². The Hall–Kier alpha value is -2.54. The molecule has 0 saturated carbocycles. The lowest BCUT2D eigenvalue weighted by atomic mass is 10.2. The molecule has 0 aliphatic carbocycles. The number of sulfonamides is 1. The molecule has 0 unspecified atom stereocenters. The van der Waals surface area contributed by atoms with Crippen LogP contribution in [0.5, 0.6) is 0 Å². The van der Waals surface area contributed by atoms with E-state index in [1.54, 1.807) is 25.1 Å². The fourth-order valence-corrected chi connectivity index (χ4v) is 2.92. The van der Waals surface area contributed by atoms with Gasteiger partial charge in [-0.1, -0.05) is 0 Å². The van der Waals surface area contributed by atoms with Crippen LogP contribution in [0.3, 0.4) is 0 Å². The number of hydrogen-bond donors (Lipinski definition) is 3. The topological polar surface area (TPSA) is 101 Å². The summed E-state index contributed by atoms with van der Waals surface area (Å²) in [6.45, 7) is 3.19. The average Bonchev–Trinajstić information content (AvgIpc) is 2.42. The first-order valence-electron chi connectivity index (χ1n) is 6.54. The van der Waals surface area contributed by atoms with E-state index in [2.05, 4.69) is 10.0 Å². The SMILES string of the molecule is CC(=O)Nc1ccc(S(=O)(=O)Nc2ccc(N)c(C)c2)cc1. The van der Waals surface area contributed by atoms with Crippen molar-refractivity contribution in [2.45, 2.75) is 18.7 Å². The quantitative estimate of drug-likeness (QED) is 0.753. The molecule has 0 heterocycles. The van der Waals surface area contributed by atoms with Gasteiger partial charge >= 0.3 is 0 Å². The maximum Gasteiger partial charge on any atom is 0.261 e. The van der Waals surface area contributed by atoms with Gasteiger partial charge in [0.15, 0.2) is 0 Å². The fraction of sp³-hybridized carbons (Fsp3) is 0.133. The minimum absolute atomic E-state index is 0.107. The van der Waals surface area contributed by atoms with Crippen molar-refractivity contribution in [2.24, 2.45) is 0 Å². The Morgan fingerprint density at radius 2 is 1.64 bits per heavy atom. The zero-order valence-corrected chi connectivity index (χ0v) is 13.1. The molecule has 4 N–H and O–H groups in total. The predicted molar refractivity (Wildman–Crippen MR) is 87.1 cm³/mol. The zero-order valence-electron chi connectivity index (χ0n) is 12.3. The molecular formula is C15H17N3O3S. The molecule has 0 aromatic heterocycles. The number of carbonyl (C=O) groups is 1. The van der Waals surface area contributed by atoms with E-state index in [9.17, 15) is 13.2 Å². The molecule has 0 bridgehead atoms. The van der Waals surface area contributed by atoms with Gasteiger partial charge in [-0.15, -0.1) is 0 Å². The van der Waals surface area contributed by atoms with Crippen molar-refractivity contribution in [1.29, 1.82) is 0 Å². The van der Waals surface area contributed by atoms with Gasteiger partial charge in [0, 0.05) is 24.0 Å². The van der Waals surface area contributed by atoms with Crippen LogP contribution in [-0.4, -0.2) is 14.3 Å². The van der Waals surface area contributed by atoms with Crippen LogP contribution < -0.4 is 15.8 Å². The number of nitrogen functional groups attached to an aromatic ring is 1. The summed E-state index contributed by atoms with van der Waals surface area (Å²) in [6.07, 6.45) is 0. The van der Waals surface area contributed by atoms with Crippen LogP contribution in [0.15, 0.2) is 47.4 Å². The lowest BCUT2D eigenvalue weighted by molar-refractivity contribution is -0.114. The lowest BCUT2D eigenvalue weighted by Crippen LogP contribution is -2.13. The van der Waals surface area contributed by atoms with E-state index in [0.717, 1.165) is 5.56 Å². The normalized spacial score (nSPS) is 11.0. The monoisotopic (exact) mass is 319 g/mol. The number of aryl methyl sites for hydroxylation is 1. The van der Waals surface area contributed by atoms with Crippen molar-refractivity contribution in [2.75, 3.05) is 15.8 Å². The Bertz CT molecular complexity index is 799. The van der Waals surface area contributed by atoms with Gasteiger partial charge in [-0.05, 0) is 55.0 Å². The maximum atomic E-state index is 12.3. The Kier molecular flexibility index (Phi) is 4.37. The number of nitrogens with two attached hydrogens (primary N) is 1. The summed E-state index contributed by atoms with van der Waals surface area (Å²) < 4.78 is 27.1. The third kappa shape index (κ3) is 3.76. The molecule has 2 aromatic carbocycles. The zero-order chi connectivity index (χ0) is 16.3.